The molecule has 19 heavy (non-hydrogen) atoms. The van der Waals surface area contributed by atoms with Crippen molar-refractivity contribution in [3.05, 3.63) is 0 Å². The second-order valence-electron chi connectivity index (χ2n) is 5.01. The molecular formula is C11H17N3O5. The van der Waals surface area contributed by atoms with Gasteiger partial charge < -0.3 is 25.7 Å². The van der Waals surface area contributed by atoms with Gasteiger partial charge in [-0.25, -0.2) is 9.59 Å². The van der Waals surface area contributed by atoms with Crippen LogP contribution in [0.25, 0.3) is 0 Å². The van der Waals surface area contributed by atoms with Crippen molar-refractivity contribution in [2.45, 2.75) is 25.0 Å². The highest BCUT2D eigenvalue weighted by molar-refractivity contribution is 5.85. The highest BCUT2D eigenvalue weighted by Crippen LogP contribution is 2.23. The lowest BCUT2D eigenvalue weighted by Crippen LogP contribution is -2.47. The van der Waals surface area contributed by atoms with Crippen LogP contribution in [-0.2, 0) is 9.59 Å². The van der Waals surface area contributed by atoms with Gasteiger partial charge in [-0.15, -0.1) is 0 Å². The number of aliphatic hydroxyl groups is 1. The summed E-state index contributed by atoms with van der Waals surface area (Å²) in [5.74, 6) is -1.96. The summed E-state index contributed by atoms with van der Waals surface area (Å²) in [6.07, 6.45) is -0.289. The van der Waals surface area contributed by atoms with Gasteiger partial charge in [0.25, 0.3) is 0 Å². The molecule has 3 unspecified atom stereocenters. The third-order valence-electron chi connectivity index (χ3n) is 3.67. The maximum atomic E-state index is 12.2. The topological polar surface area (TPSA) is 124 Å². The highest BCUT2D eigenvalue weighted by atomic mass is 16.4. The van der Waals surface area contributed by atoms with Gasteiger partial charge >= 0.3 is 12.0 Å². The van der Waals surface area contributed by atoms with Crippen LogP contribution in [0.1, 0.15) is 12.8 Å². The van der Waals surface area contributed by atoms with Gasteiger partial charge in [0, 0.05) is 26.1 Å². The molecule has 2 heterocycles. The lowest BCUT2D eigenvalue weighted by atomic mass is 10.1. The van der Waals surface area contributed by atoms with E-state index in [0.29, 0.717) is 13.0 Å². The molecule has 0 bridgehead atoms. The van der Waals surface area contributed by atoms with Gasteiger partial charge in [0.05, 0.1) is 12.0 Å². The summed E-state index contributed by atoms with van der Waals surface area (Å²) >= 11 is 0. The molecule has 0 aliphatic carbocycles. The van der Waals surface area contributed by atoms with E-state index in [0.717, 1.165) is 4.90 Å². The van der Waals surface area contributed by atoms with Crippen LogP contribution in [0.15, 0.2) is 0 Å². The summed E-state index contributed by atoms with van der Waals surface area (Å²) in [7, 11) is 0. The molecular weight excluding hydrogens is 254 g/mol. The Kier molecular flexibility index (Phi) is 3.61. The second kappa shape index (κ2) is 5.04. The van der Waals surface area contributed by atoms with E-state index in [9.17, 15) is 19.5 Å². The number of rotatable bonds is 2. The fourth-order valence-corrected chi connectivity index (χ4v) is 2.61. The number of carbonyl (C=O) groups is 3. The number of hydrogen-bond acceptors (Lipinski definition) is 4. The maximum Gasteiger partial charge on any atom is 0.326 e. The van der Waals surface area contributed by atoms with Crippen LogP contribution in [0, 0.1) is 5.92 Å². The Labute approximate surface area is 109 Å². The van der Waals surface area contributed by atoms with Gasteiger partial charge in [-0.3, -0.25) is 4.79 Å². The minimum Gasteiger partial charge on any atom is -0.480 e. The lowest BCUT2D eigenvalue weighted by Gasteiger charge is -2.27. The molecule has 4 N–H and O–H groups in total. The number of likely N-dealkylation sites (tertiary alicyclic amines) is 2. The molecule has 3 atom stereocenters. The summed E-state index contributed by atoms with van der Waals surface area (Å²) in [4.78, 5) is 36.9. The van der Waals surface area contributed by atoms with Crippen LogP contribution in [0.3, 0.4) is 0 Å². The summed E-state index contributed by atoms with van der Waals surface area (Å²) < 4.78 is 0. The number of nitrogens with two attached hydrogens (primary N) is 1. The molecule has 106 valence electrons. The Bertz CT molecular complexity index is 413. The van der Waals surface area contributed by atoms with E-state index < -0.39 is 30.1 Å². The minimum atomic E-state index is -1.13. The fourth-order valence-electron chi connectivity index (χ4n) is 2.61. The van der Waals surface area contributed by atoms with Crippen molar-refractivity contribution in [1.82, 2.24) is 9.80 Å². The lowest BCUT2D eigenvalue weighted by molar-refractivity contribution is -0.141. The molecule has 2 aliphatic heterocycles. The molecule has 0 spiro atoms. The molecule has 8 nitrogen and oxygen atoms in total. The first kappa shape index (κ1) is 13.6. The SMILES string of the molecule is NC(=O)C1CCN(C(=O)N2CC(O)CC2C(=O)O)C1. The molecule has 0 saturated carbocycles. The normalized spacial score (nSPS) is 30.7. The molecule has 2 saturated heterocycles. The third kappa shape index (κ3) is 2.62. The van der Waals surface area contributed by atoms with E-state index in [1.807, 2.05) is 0 Å². The number of carboxylic acids is 1. The quantitative estimate of drug-likeness (QED) is 0.560. The predicted octanol–water partition coefficient (Wildman–Crippen LogP) is -1.57. The predicted molar refractivity (Wildman–Crippen MR) is 63.0 cm³/mol. The monoisotopic (exact) mass is 271 g/mol. The first-order valence-electron chi connectivity index (χ1n) is 6.16. The summed E-state index contributed by atoms with van der Waals surface area (Å²) in [6.45, 7) is 0.603. The van der Waals surface area contributed by atoms with Gasteiger partial charge in [-0.05, 0) is 6.42 Å². The zero-order valence-electron chi connectivity index (χ0n) is 10.4. The molecule has 2 aliphatic rings. The standard InChI is InChI=1S/C11H17N3O5/c12-9(16)6-1-2-13(4-6)11(19)14-5-7(15)3-8(14)10(17)18/h6-8,15H,1-5H2,(H2,12,16)(H,17,18). The number of aliphatic carboxylic acids is 1. The van der Waals surface area contributed by atoms with Gasteiger partial charge in [0.15, 0.2) is 0 Å². The average molecular weight is 271 g/mol. The largest absolute Gasteiger partial charge is 0.480 e. The highest BCUT2D eigenvalue weighted by Gasteiger charge is 2.42. The van der Waals surface area contributed by atoms with Crippen molar-refractivity contribution in [1.29, 1.82) is 0 Å². The van der Waals surface area contributed by atoms with Crippen molar-refractivity contribution in [2.75, 3.05) is 19.6 Å². The minimum absolute atomic E-state index is 0.00748. The van der Waals surface area contributed by atoms with Crippen LogP contribution in [0.4, 0.5) is 4.79 Å². The van der Waals surface area contributed by atoms with Crippen LogP contribution in [0.5, 0.6) is 0 Å². The molecule has 2 rings (SSSR count). The van der Waals surface area contributed by atoms with Gasteiger partial charge in [-0.2, -0.15) is 0 Å². The summed E-state index contributed by atoms with van der Waals surface area (Å²) in [6, 6.07) is -1.46. The number of carboxylic acid groups (broad SMARTS) is 1. The van der Waals surface area contributed by atoms with Crippen molar-refractivity contribution in [3.63, 3.8) is 0 Å². The smallest absolute Gasteiger partial charge is 0.326 e. The summed E-state index contributed by atoms with van der Waals surface area (Å²) in [5.41, 5.74) is 5.19. The van der Waals surface area contributed by atoms with E-state index in [2.05, 4.69) is 0 Å². The molecule has 2 fully saturated rings. The number of amides is 3. The fraction of sp³-hybridized carbons (Fsp3) is 0.727. The van der Waals surface area contributed by atoms with Crippen molar-refractivity contribution < 1.29 is 24.6 Å². The van der Waals surface area contributed by atoms with Gasteiger partial charge in [0.2, 0.25) is 5.91 Å². The van der Waals surface area contributed by atoms with Crippen LogP contribution >= 0.6 is 0 Å². The van der Waals surface area contributed by atoms with Crippen molar-refractivity contribution in [2.24, 2.45) is 11.7 Å². The van der Waals surface area contributed by atoms with Crippen molar-refractivity contribution >= 4 is 17.9 Å². The van der Waals surface area contributed by atoms with E-state index in [-0.39, 0.29) is 25.4 Å². The molecule has 0 radical (unpaired) electrons. The number of nitrogens with zero attached hydrogens (tertiary/aromatic N) is 2. The Hall–Kier alpha value is -1.83. The number of aliphatic hydroxyl groups excluding tert-OH is 1. The van der Waals surface area contributed by atoms with Crippen LogP contribution < -0.4 is 5.73 Å². The number of hydrogen-bond donors (Lipinski definition) is 3. The maximum absolute atomic E-state index is 12.2. The molecule has 0 aromatic heterocycles. The molecule has 0 aromatic carbocycles. The first-order chi connectivity index (χ1) is 8.90. The van der Waals surface area contributed by atoms with Gasteiger partial charge in [-0.1, -0.05) is 0 Å². The first-order valence-corrected chi connectivity index (χ1v) is 6.16. The van der Waals surface area contributed by atoms with E-state index >= 15 is 0 Å². The Morgan fingerprint density at radius 3 is 2.42 bits per heavy atom. The molecule has 0 aromatic rings. The molecule has 8 heteroatoms. The third-order valence-corrected chi connectivity index (χ3v) is 3.67. The second-order valence-corrected chi connectivity index (χ2v) is 5.01. The average Bonchev–Trinajstić information content (AvgIpc) is 2.94. The number of primary amides is 1. The van der Waals surface area contributed by atoms with E-state index in [1.54, 1.807) is 0 Å². The molecule has 3 amide bonds. The Morgan fingerprint density at radius 1 is 1.21 bits per heavy atom. The zero-order valence-corrected chi connectivity index (χ0v) is 10.4. The van der Waals surface area contributed by atoms with Crippen LogP contribution in [0.2, 0.25) is 0 Å². The van der Waals surface area contributed by atoms with E-state index in [1.165, 1.54) is 4.90 Å². The number of carbonyl (C=O) groups excluding carboxylic acids is 2. The van der Waals surface area contributed by atoms with Crippen molar-refractivity contribution in [3.8, 4) is 0 Å². The van der Waals surface area contributed by atoms with Crippen LogP contribution in [-0.4, -0.2) is 69.7 Å². The zero-order chi connectivity index (χ0) is 14.2. The Morgan fingerprint density at radius 2 is 1.89 bits per heavy atom. The Balaban J connectivity index is 2.03. The van der Waals surface area contributed by atoms with E-state index in [4.69, 9.17) is 10.8 Å². The number of β-amino-alcohol motifs (C(OH)–C–C–N with tert-alkyl or cyclic N) is 1. The van der Waals surface area contributed by atoms with Gasteiger partial charge in [0.1, 0.15) is 6.04 Å². The number of urea groups is 1. The summed E-state index contributed by atoms with van der Waals surface area (Å²) in [5, 5.41) is 18.5.